The van der Waals surface area contributed by atoms with Crippen molar-refractivity contribution < 1.29 is 19.1 Å². The quantitative estimate of drug-likeness (QED) is 0.494. The molecule has 1 aliphatic rings. The van der Waals surface area contributed by atoms with E-state index in [1.165, 1.54) is 0 Å². The SMILES string of the molecule is CC(C)(C)CC1C(=O)OC(C)(C)OC1=O. The van der Waals surface area contributed by atoms with E-state index >= 15 is 0 Å². The highest BCUT2D eigenvalue weighted by Crippen LogP contribution is 2.31. The third-order valence-corrected chi connectivity index (χ3v) is 2.08. The first-order chi connectivity index (χ1) is 6.61. The Labute approximate surface area is 89.9 Å². The molecule has 1 heterocycles. The molecule has 4 nitrogen and oxygen atoms in total. The van der Waals surface area contributed by atoms with Gasteiger partial charge in [-0.15, -0.1) is 0 Å². The Morgan fingerprint density at radius 1 is 1.13 bits per heavy atom. The highest BCUT2D eigenvalue weighted by atomic mass is 16.7. The van der Waals surface area contributed by atoms with Crippen LogP contribution in [0.2, 0.25) is 0 Å². The first kappa shape index (κ1) is 12.0. The molecule has 1 aliphatic heterocycles. The van der Waals surface area contributed by atoms with Crippen LogP contribution in [0.3, 0.4) is 0 Å². The van der Waals surface area contributed by atoms with Crippen LogP contribution in [-0.2, 0) is 19.1 Å². The largest absolute Gasteiger partial charge is 0.422 e. The van der Waals surface area contributed by atoms with Crippen molar-refractivity contribution >= 4 is 11.9 Å². The lowest BCUT2D eigenvalue weighted by Crippen LogP contribution is -2.47. The van der Waals surface area contributed by atoms with Gasteiger partial charge in [0.15, 0.2) is 5.92 Å². The first-order valence-corrected chi connectivity index (χ1v) is 5.06. The molecule has 0 unspecified atom stereocenters. The average molecular weight is 214 g/mol. The van der Waals surface area contributed by atoms with Gasteiger partial charge in [0.25, 0.3) is 5.79 Å². The van der Waals surface area contributed by atoms with E-state index in [4.69, 9.17) is 9.47 Å². The van der Waals surface area contributed by atoms with Crippen LogP contribution in [0, 0.1) is 11.3 Å². The molecule has 1 fully saturated rings. The smallest absolute Gasteiger partial charge is 0.323 e. The minimum absolute atomic E-state index is 0.107. The molecule has 0 bridgehead atoms. The van der Waals surface area contributed by atoms with Crippen LogP contribution in [0.4, 0.5) is 0 Å². The summed E-state index contributed by atoms with van der Waals surface area (Å²) < 4.78 is 10.0. The monoisotopic (exact) mass is 214 g/mol. The summed E-state index contributed by atoms with van der Waals surface area (Å²) in [7, 11) is 0. The van der Waals surface area contributed by atoms with Gasteiger partial charge < -0.3 is 9.47 Å². The van der Waals surface area contributed by atoms with Crippen LogP contribution in [0.25, 0.3) is 0 Å². The summed E-state index contributed by atoms with van der Waals surface area (Å²) in [6.45, 7) is 9.00. The van der Waals surface area contributed by atoms with Gasteiger partial charge in [-0.3, -0.25) is 9.59 Å². The lowest BCUT2D eigenvalue weighted by Gasteiger charge is -2.34. The number of ether oxygens (including phenoxy) is 2. The minimum Gasteiger partial charge on any atom is -0.422 e. The summed E-state index contributed by atoms with van der Waals surface area (Å²) >= 11 is 0. The molecular weight excluding hydrogens is 196 g/mol. The van der Waals surface area contributed by atoms with Crippen LogP contribution >= 0.6 is 0 Å². The minimum atomic E-state index is -1.12. The number of cyclic esters (lactones) is 2. The maximum atomic E-state index is 11.6. The molecule has 15 heavy (non-hydrogen) atoms. The first-order valence-electron chi connectivity index (χ1n) is 5.06. The van der Waals surface area contributed by atoms with Gasteiger partial charge in [-0.05, 0) is 11.8 Å². The fraction of sp³-hybridized carbons (Fsp3) is 0.818. The van der Waals surface area contributed by atoms with Gasteiger partial charge in [0, 0.05) is 13.8 Å². The van der Waals surface area contributed by atoms with Crippen LogP contribution < -0.4 is 0 Å². The van der Waals surface area contributed by atoms with Gasteiger partial charge in [-0.2, -0.15) is 0 Å². The molecule has 0 atom stereocenters. The summed E-state index contributed by atoms with van der Waals surface area (Å²) in [5.41, 5.74) is -0.107. The lowest BCUT2D eigenvalue weighted by molar-refractivity contribution is -0.241. The topological polar surface area (TPSA) is 52.6 Å². The normalized spacial score (nSPS) is 22.2. The molecule has 86 valence electrons. The molecule has 0 N–H and O–H groups in total. The molecule has 0 amide bonds. The van der Waals surface area contributed by atoms with Crippen molar-refractivity contribution in [3.8, 4) is 0 Å². The van der Waals surface area contributed by atoms with Crippen LogP contribution in [0.1, 0.15) is 41.0 Å². The molecule has 0 aromatic heterocycles. The van der Waals surface area contributed by atoms with Gasteiger partial charge in [0.1, 0.15) is 0 Å². The van der Waals surface area contributed by atoms with E-state index in [0.717, 1.165) is 0 Å². The average Bonchev–Trinajstić information content (AvgIpc) is 1.93. The van der Waals surface area contributed by atoms with Crippen molar-refractivity contribution in [2.24, 2.45) is 11.3 Å². The van der Waals surface area contributed by atoms with Crippen molar-refractivity contribution in [1.29, 1.82) is 0 Å². The van der Waals surface area contributed by atoms with Crippen molar-refractivity contribution in [3.63, 3.8) is 0 Å². The van der Waals surface area contributed by atoms with Gasteiger partial charge in [-0.25, -0.2) is 0 Å². The molecule has 0 aliphatic carbocycles. The van der Waals surface area contributed by atoms with Crippen LogP contribution in [0.5, 0.6) is 0 Å². The van der Waals surface area contributed by atoms with E-state index in [1.54, 1.807) is 13.8 Å². The predicted molar refractivity (Wildman–Crippen MR) is 53.8 cm³/mol. The summed E-state index contributed by atoms with van der Waals surface area (Å²) in [5, 5.41) is 0. The number of hydrogen-bond acceptors (Lipinski definition) is 4. The maximum Gasteiger partial charge on any atom is 0.323 e. The maximum absolute atomic E-state index is 11.6. The predicted octanol–water partition coefficient (Wildman–Crippen LogP) is 1.87. The Balaban J connectivity index is 2.76. The zero-order valence-corrected chi connectivity index (χ0v) is 9.92. The third-order valence-electron chi connectivity index (χ3n) is 2.08. The Morgan fingerprint density at radius 3 is 1.87 bits per heavy atom. The van der Waals surface area contributed by atoms with E-state index in [1.807, 2.05) is 20.8 Å². The van der Waals surface area contributed by atoms with E-state index in [0.29, 0.717) is 6.42 Å². The zero-order chi connectivity index (χ0) is 11.9. The number of esters is 2. The van der Waals surface area contributed by atoms with E-state index in [-0.39, 0.29) is 5.41 Å². The summed E-state index contributed by atoms with van der Waals surface area (Å²) in [4.78, 5) is 23.1. The third kappa shape index (κ3) is 3.22. The zero-order valence-electron chi connectivity index (χ0n) is 9.92. The number of carbonyl (C=O) groups is 2. The van der Waals surface area contributed by atoms with Crippen molar-refractivity contribution in [2.45, 2.75) is 46.8 Å². The molecule has 4 heteroatoms. The second-order valence-electron chi connectivity index (χ2n) is 5.56. The number of hydrogen-bond donors (Lipinski definition) is 0. The molecule has 0 radical (unpaired) electrons. The van der Waals surface area contributed by atoms with Crippen molar-refractivity contribution in [3.05, 3.63) is 0 Å². The fourth-order valence-corrected chi connectivity index (χ4v) is 1.52. The van der Waals surface area contributed by atoms with Gasteiger partial charge in [-0.1, -0.05) is 20.8 Å². The van der Waals surface area contributed by atoms with E-state index in [9.17, 15) is 9.59 Å². The molecule has 0 aromatic carbocycles. The second-order valence-corrected chi connectivity index (χ2v) is 5.56. The molecule has 0 saturated carbocycles. The van der Waals surface area contributed by atoms with E-state index < -0.39 is 23.6 Å². The molecular formula is C11H18O4. The second kappa shape index (κ2) is 3.51. The summed E-state index contributed by atoms with van der Waals surface area (Å²) in [5.74, 6) is -2.86. The number of rotatable bonds is 1. The molecule has 0 spiro atoms. The van der Waals surface area contributed by atoms with Crippen molar-refractivity contribution in [2.75, 3.05) is 0 Å². The standard InChI is InChI=1S/C11H18O4/c1-10(2,3)6-7-8(12)14-11(4,5)15-9(7)13/h7H,6H2,1-5H3. The highest BCUT2D eigenvalue weighted by molar-refractivity contribution is 5.96. The lowest BCUT2D eigenvalue weighted by atomic mass is 9.84. The van der Waals surface area contributed by atoms with Crippen molar-refractivity contribution in [1.82, 2.24) is 0 Å². The molecule has 1 saturated heterocycles. The summed E-state index contributed by atoms with van der Waals surface area (Å²) in [6.07, 6.45) is 0.445. The van der Waals surface area contributed by atoms with Gasteiger partial charge in [0.2, 0.25) is 0 Å². The van der Waals surface area contributed by atoms with E-state index in [2.05, 4.69) is 0 Å². The number of carbonyl (C=O) groups excluding carboxylic acids is 2. The van der Waals surface area contributed by atoms with Crippen LogP contribution in [-0.4, -0.2) is 17.7 Å². The van der Waals surface area contributed by atoms with Gasteiger partial charge in [0.05, 0.1) is 0 Å². The Morgan fingerprint density at radius 2 is 1.53 bits per heavy atom. The van der Waals surface area contributed by atoms with Gasteiger partial charge >= 0.3 is 11.9 Å². The summed E-state index contributed by atoms with van der Waals surface area (Å²) in [6, 6.07) is 0. The van der Waals surface area contributed by atoms with Crippen LogP contribution in [0.15, 0.2) is 0 Å². The Bertz CT molecular complexity index is 265. The Kier molecular flexibility index (Phi) is 2.81. The molecule has 1 rings (SSSR count). The highest BCUT2D eigenvalue weighted by Gasteiger charge is 2.44. The Hall–Kier alpha value is -1.06. The fourth-order valence-electron chi connectivity index (χ4n) is 1.52. The molecule has 0 aromatic rings.